The molecule has 0 bridgehead atoms. The Kier molecular flexibility index (Phi) is 4.19. The van der Waals surface area contributed by atoms with Gasteiger partial charge in [0, 0.05) is 41.9 Å². The standard InChI is InChI=1S/C23H21FN4O/c1-27(14-15-4-2-6-20-18(15)12-13-25-20)23(29)22-19-5-3-7-21(19)28(26-22)17-10-8-16(24)9-11-17/h2,4,6,8-13,25H,3,5,7,14H2,1H3. The summed E-state index contributed by atoms with van der Waals surface area (Å²) in [5.74, 6) is -0.371. The van der Waals surface area contributed by atoms with Gasteiger partial charge in [-0.25, -0.2) is 9.07 Å². The van der Waals surface area contributed by atoms with Crippen molar-refractivity contribution >= 4 is 16.8 Å². The minimum atomic E-state index is -0.285. The summed E-state index contributed by atoms with van der Waals surface area (Å²) in [4.78, 5) is 18.2. The molecule has 1 N–H and O–H groups in total. The van der Waals surface area contributed by atoms with Gasteiger partial charge in [0.1, 0.15) is 5.82 Å². The third-order valence-corrected chi connectivity index (χ3v) is 5.64. The number of H-pyrrole nitrogens is 1. The van der Waals surface area contributed by atoms with Gasteiger partial charge in [0.05, 0.1) is 5.69 Å². The van der Waals surface area contributed by atoms with Gasteiger partial charge in [-0.2, -0.15) is 5.10 Å². The maximum Gasteiger partial charge on any atom is 0.274 e. The molecule has 1 aliphatic carbocycles. The highest BCUT2D eigenvalue weighted by molar-refractivity contribution is 5.94. The van der Waals surface area contributed by atoms with Gasteiger partial charge in [0.2, 0.25) is 0 Å². The van der Waals surface area contributed by atoms with E-state index in [0.717, 1.165) is 52.7 Å². The van der Waals surface area contributed by atoms with Gasteiger partial charge in [-0.1, -0.05) is 12.1 Å². The molecule has 6 heteroatoms. The van der Waals surface area contributed by atoms with Crippen LogP contribution in [-0.2, 0) is 19.4 Å². The molecule has 2 aromatic carbocycles. The maximum atomic E-state index is 13.3. The highest BCUT2D eigenvalue weighted by atomic mass is 19.1. The Labute approximate surface area is 167 Å². The normalized spacial score (nSPS) is 13.0. The molecular formula is C23H21FN4O. The van der Waals surface area contributed by atoms with Gasteiger partial charge in [-0.3, -0.25) is 4.79 Å². The van der Waals surface area contributed by atoms with Gasteiger partial charge >= 0.3 is 0 Å². The molecule has 1 aliphatic rings. The van der Waals surface area contributed by atoms with Gasteiger partial charge in [0.15, 0.2) is 5.69 Å². The fourth-order valence-corrected chi connectivity index (χ4v) is 4.20. The van der Waals surface area contributed by atoms with Crippen LogP contribution < -0.4 is 0 Å². The first-order chi connectivity index (χ1) is 14.1. The lowest BCUT2D eigenvalue weighted by atomic mass is 10.1. The number of carbonyl (C=O) groups excluding carboxylic acids is 1. The molecule has 0 unspecified atom stereocenters. The van der Waals surface area contributed by atoms with Crippen LogP contribution in [0.25, 0.3) is 16.6 Å². The van der Waals surface area contributed by atoms with E-state index >= 15 is 0 Å². The minimum absolute atomic E-state index is 0.0865. The Morgan fingerprint density at radius 3 is 2.83 bits per heavy atom. The number of aromatic amines is 1. The molecule has 0 fully saturated rings. The van der Waals surface area contributed by atoms with Crippen LogP contribution >= 0.6 is 0 Å². The number of hydrogen-bond donors (Lipinski definition) is 1. The van der Waals surface area contributed by atoms with Crippen molar-refractivity contribution in [3.8, 4) is 5.69 Å². The molecule has 29 heavy (non-hydrogen) atoms. The smallest absolute Gasteiger partial charge is 0.274 e. The van der Waals surface area contributed by atoms with Crippen molar-refractivity contribution in [2.75, 3.05) is 7.05 Å². The second-order valence-electron chi connectivity index (χ2n) is 7.53. The van der Waals surface area contributed by atoms with E-state index in [0.29, 0.717) is 12.2 Å². The lowest BCUT2D eigenvalue weighted by Crippen LogP contribution is -2.27. The summed E-state index contributed by atoms with van der Waals surface area (Å²) in [5, 5.41) is 5.76. The third-order valence-electron chi connectivity index (χ3n) is 5.64. The zero-order chi connectivity index (χ0) is 20.0. The first kappa shape index (κ1) is 17.7. The maximum absolute atomic E-state index is 13.3. The second kappa shape index (κ2) is 6.88. The van der Waals surface area contributed by atoms with Crippen molar-refractivity contribution < 1.29 is 9.18 Å². The third kappa shape index (κ3) is 3.01. The van der Waals surface area contributed by atoms with Crippen LogP contribution in [0.5, 0.6) is 0 Å². The molecule has 0 saturated carbocycles. The summed E-state index contributed by atoms with van der Waals surface area (Å²) in [6.07, 6.45) is 4.63. The molecule has 4 aromatic rings. The van der Waals surface area contributed by atoms with Crippen LogP contribution in [-0.4, -0.2) is 32.6 Å². The van der Waals surface area contributed by atoms with E-state index in [1.807, 2.05) is 37.5 Å². The van der Waals surface area contributed by atoms with Crippen molar-refractivity contribution in [1.82, 2.24) is 19.7 Å². The minimum Gasteiger partial charge on any atom is -0.361 e. The quantitative estimate of drug-likeness (QED) is 0.568. The Balaban J connectivity index is 1.47. The summed E-state index contributed by atoms with van der Waals surface area (Å²) in [6.45, 7) is 0.506. The molecule has 146 valence electrons. The van der Waals surface area contributed by atoms with Crippen LogP contribution in [0.1, 0.15) is 33.7 Å². The number of nitrogens with one attached hydrogen (secondary N) is 1. The SMILES string of the molecule is CN(Cc1cccc2[nH]ccc12)C(=O)c1nn(-c2ccc(F)cc2)c2c1CCC2. The fourth-order valence-electron chi connectivity index (χ4n) is 4.20. The lowest BCUT2D eigenvalue weighted by molar-refractivity contribution is 0.0778. The first-order valence-electron chi connectivity index (χ1n) is 9.79. The van der Waals surface area contributed by atoms with Crippen molar-refractivity contribution in [2.45, 2.75) is 25.8 Å². The molecule has 5 rings (SSSR count). The van der Waals surface area contributed by atoms with Crippen molar-refractivity contribution in [3.63, 3.8) is 0 Å². The van der Waals surface area contributed by atoms with Crippen LogP contribution in [0, 0.1) is 5.82 Å². The number of halogens is 1. The predicted octanol–water partition coefficient (Wildman–Crippen LogP) is 4.25. The Morgan fingerprint density at radius 1 is 1.17 bits per heavy atom. The van der Waals surface area contributed by atoms with Crippen molar-refractivity contribution in [1.29, 1.82) is 0 Å². The number of benzene rings is 2. The van der Waals surface area contributed by atoms with Crippen LogP contribution in [0.2, 0.25) is 0 Å². The molecule has 1 amide bonds. The Bertz CT molecular complexity index is 1210. The number of amides is 1. The van der Waals surface area contributed by atoms with Gasteiger partial charge < -0.3 is 9.88 Å². The summed E-state index contributed by atoms with van der Waals surface area (Å²) >= 11 is 0. The number of hydrogen-bond acceptors (Lipinski definition) is 2. The molecular weight excluding hydrogens is 367 g/mol. The molecule has 0 atom stereocenters. The van der Waals surface area contributed by atoms with Crippen molar-refractivity contribution in [2.24, 2.45) is 0 Å². The molecule has 5 nitrogen and oxygen atoms in total. The largest absolute Gasteiger partial charge is 0.361 e. The molecule has 2 heterocycles. The van der Waals surface area contributed by atoms with E-state index in [-0.39, 0.29) is 11.7 Å². The molecule has 2 aromatic heterocycles. The molecule has 0 aliphatic heterocycles. The van der Waals surface area contributed by atoms with Crippen LogP contribution in [0.4, 0.5) is 4.39 Å². The van der Waals surface area contributed by atoms with E-state index in [1.165, 1.54) is 12.1 Å². The molecule has 0 saturated heterocycles. The fraction of sp³-hybridized carbons (Fsp3) is 0.217. The van der Waals surface area contributed by atoms with E-state index < -0.39 is 0 Å². The average molecular weight is 388 g/mol. The van der Waals surface area contributed by atoms with Gasteiger partial charge in [-0.15, -0.1) is 0 Å². The van der Waals surface area contributed by atoms with Crippen LogP contribution in [0.15, 0.2) is 54.7 Å². The topological polar surface area (TPSA) is 53.9 Å². The van der Waals surface area contributed by atoms with E-state index in [1.54, 1.807) is 21.7 Å². The lowest BCUT2D eigenvalue weighted by Gasteiger charge is -2.17. The van der Waals surface area contributed by atoms with Gasteiger partial charge in [0.25, 0.3) is 5.91 Å². The number of nitrogens with zero attached hydrogens (tertiary/aromatic N) is 3. The predicted molar refractivity (Wildman–Crippen MR) is 110 cm³/mol. The highest BCUT2D eigenvalue weighted by Crippen LogP contribution is 2.29. The van der Waals surface area contributed by atoms with E-state index in [2.05, 4.69) is 10.1 Å². The number of carbonyl (C=O) groups is 1. The number of fused-ring (bicyclic) bond motifs is 2. The van der Waals surface area contributed by atoms with E-state index in [9.17, 15) is 9.18 Å². The summed E-state index contributed by atoms with van der Waals surface area (Å²) in [7, 11) is 1.81. The number of rotatable bonds is 4. The monoisotopic (exact) mass is 388 g/mol. The van der Waals surface area contributed by atoms with Gasteiger partial charge in [-0.05, 0) is 61.2 Å². The summed E-state index contributed by atoms with van der Waals surface area (Å²) < 4.78 is 15.1. The van der Waals surface area contributed by atoms with Crippen LogP contribution in [0.3, 0.4) is 0 Å². The average Bonchev–Trinajstić information content (AvgIpc) is 3.45. The number of aromatic nitrogens is 3. The Hall–Kier alpha value is -3.41. The highest BCUT2D eigenvalue weighted by Gasteiger charge is 2.28. The zero-order valence-electron chi connectivity index (χ0n) is 16.2. The summed E-state index contributed by atoms with van der Waals surface area (Å²) in [6, 6.07) is 14.3. The van der Waals surface area contributed by atoms with E-state index in [4.69, 9.17) is 0 Å². The van der Waals surface area contributed by atoms with Crippen molar-refractivity contribution in [3.05, 3.63) is 83.1 Å². The molecule has 0 spiro atoms. The Morgan fingerprint density at radius 2 is 2.00 bits per heavy atom. The summed E-state index contributed by atoms with van der Waals surface area (Å²) in [5.41, 5.74) is 5.51. The first-order valence-corrected chi connectivity index (χ1v) is 9.79. The molecule has 0 radical (unpaired) electrons. The second-order valence-corrected chi connectivity index (χ2v) is 7.53. The zero-order valence-corrected chi connectivity index (χ0v) is 16.2.